The minimum absolute atomic E-state index is 0.0892. The van der Waals surface area contributed by atoms with Crippen molar-refractivity contribution in [1.29, 1.82) is 0 Å². The molecular formula is C10H10N2OS2. The molecule has 0 aliphatic carbocycles. The fraction of sp³-hybridized carbons (Fsp3) is 0.200. The Kier molecular flexibility index (Phi) is 2.83. The number of aromatic nitrogens is 1. The van der Waals surface area contributed by atoms with Crippen molar-refractivity contribution in [1.82, 2.24) is 4.98 Å². The zero-order valence-electron chi connectivity index (χ0n) is 8.40. The summed E-state index contributed by atoms with van der Waals surface area (Å²) >= 11 is 3.05. The van der Waals surface area contributed by atoms with Crippen LogP contribution < -0.4 is 5.32 Å². The van der Waals surface area contributed by atoms with Crippen molar-refractivity contribution in [3.63, 3.8) is 0 Å². The second-order valence-corrected chi connectivity index (χ2v) is 5.53. The first-order valence-corrected chi connectivity index (χ1v) is 6.13. The summed E-state index contributed by atoms with van der Waals surface area (Å²) in [5, 5.41) is 5.27. The molecule has 0 bridgehead atoms. The largest absolute Gasteiger partial charge is 0.298 e. The first kappa shape index (κ1) is 10.3. The van der Waals surface area contributed by atoms with E-state index < -0.39 is 0 Å². The summed E-state index contributed by atoms with van der Waals surface area (Å²) in [6.45, 7) is 3.94. The van der Waals surface area contributed by atoms with Gasteiger partial charge < -0.3 is 0 Å². The van der Waals surface area contributed by atoms with E-state index in [4.69, 9.17) is 0 Å². The van der Waals surface area contributed by atoms with Crippen molar-refractivity contribution < 1.29 is 4.79 Å². The molecule has 5 heteroatoms. The van der Waals surface area contributed by atoms with Gasteiger partial charge in [-0.3, -0.25) is 10.1 Å². The van der Waals surface area contributed by atoms with Crippen LogP contribution in [0.3, 0.4) is 0 Å². The Bertz CT molecular complexity index is 487. The Morgan fingerprint density at radius 3 is 2.73 bits per heavy atom. The lowest BCUT2D eigenvalue weighted by molar-refractivity contribution is 0.102. The third-order valence-corrected chi connectivity index (χ3v) is 3.52. The number of carbonyl (C=O) groups excluding carboxylic acids is 1. The predicted molar refractivity (Wildman–Crippen MR) is 63.9 cm³/mol. The van der Waals surface area contributed by atoms with E-state index in [1.54, 1.807) is 17.5 Å². The fourth-order valence-electron chi connectivity index (χ4n) is 1.14. The maximum atomic E-state index is 11.7. The second kappa shape index (κ2) is 4.12. The topological polar surface area (TPSA) is 42.0 Å². The van der Waals surface area contributed by atoms with E-state index in [9.17, 15) is 4.79 Å². The molecule has 15 heavy (non-hydrogen) atoms. The molecule has 0 unspecified atom stereocenters. The Morgan fingerprint density at radius 2 is 2.20 bits per heavy atom. The molecule has 0 saturated heterocycles. The van der Waals surface area contributed by atoms with Crippen molar-refractivity contribution in [3.8, 4) is 0 Å². The number of rotatable bonds is 2. The molecule has 0 radical (unpaired) electrons. The van der Waals surface area contributed by atoms with E-state index in [0.29, 0.717) is 10.7 Å². The minimum atomic E-state index is -0.0892. The van der Waals surface area contributed by atoms with Gasteiger partial charge in [0, 0.05) is 21.3 Å². The average Bonchev–Trinajstić information content (AvgIpc) is 2.75. The van der Waals surface area contributed by atoms with Gasteiger partial charge >= 0.3 is 0 Å². The number of anilines is 1. The Morgan fingerprint density at radius 1 is 1.40 bits per heavy atom. The summed E-state index contributed by atoms with van der Waals surface area (Å²) in [7, 11) is 0. The van der Waals surface area contributed by atoms with Crippen LogP contribution in [-0.2, 0) is 0 Å². The number of nitrogens with zero attached hydrogens (tertiary/aromatic N) is 1. The van der Waals surface area contributed by atoms with E-state index in [1.807, 2.05) is 25.3 Å². The molecule has 2 aromatic rings. The zero-order valence-corrected chi connectivity index (χ0v) is 10.0. The number of thiophene rings is 1. The van der Waals surface area contributed by atoms with E-state index in [1.165, 1.54) is 11.3 Å². The number of carbonyl (C=O) groups is 1. The smallest absolute Gasteiger partial charge is 0.258 e. The van der Waals surface area contributed by atoms with E-state index in [0.717, 1.165) is 9.75 Å². The van der Waals surface area contributed by atoms with Gasteiger partial charge in [-0.1, -0.05) is 0 Å². The van der Waals surface area contributed by atoms with Crippen LogP contribution in [0, 0.1) is 13.8 Å². The molecule has 0 aliphatic heterocycles. The molecule has 1 amide bonds. The van der Waals surface area contributed by atoms with Gasteiger partial charge in [-0.25, -0.2) is 4.98 Å². The van der Waals surface area contributed by atoms with E-state index >= 15 is 0 Å². The lowest BCUT2D eigenvalue weighted by Gasteiger charge is -1.97. The first-order chi connectivity index (χ1) is 7.15. The number of hydrogen-bond donors (Lipinski definition) is 1. The van der Waals surface area contributed by atoms with Crippen LogP contribution in [0.2, 0.25) is 0 Å². The molecule has 0 atom stereocenters. The molecule has 0 aromatic carbocycles. The third-order valence-electron chi connectivity index (χ3n) is 1.83. The number of nitrogens with one attached hydrogen (secondary N) is 1. The summed E-state index contributed by atoms with van der Waals surface area (Å²) in [5.41, 5.74) is 0.699. The van der Waals surface area contributed by atoms with Gasteiger partial charge in [-0.2, -0.15) is 0 Å². The summed E-state index contributed by atoms with van der Waals surface area (Å²) < 4.78 is 0. The molecule has 2 heterocycles. The van der Waals surface area contributed by atoms with Crippen molar-refractivity contribution in [2.24, 2.45) is 0 Å². The van der Waals surface area contributed by atoms with Gasteiger partial charge in [-0.15, -0.1) is 22.7 Å². The zero-order chi connectivity index (χ0) is 10.8. The molecule has 3 nitrogen and oxygen atoms in total. The molecule has 2 aromatic heterocycles. The van der Waals surface area contributed by atoms with Crippen LogP contribution in [0.5, 0.6) is 0 Å². The number of thiazole rings is 1. The molecule has 0 saturated carbocycles. The maximum Gasteiger partial charge on any atom is 0.258 e. The standard InChI is InChI=1S/C10H10N2OS2/c1-6-3-8(5-14-6)9(13)12-10-11-4-7(2)15-10/h3-5H,1-2H3,(H,11,12,13). The molecule has 0 spiro atoms. The lowest BCUT2D eigenvalue weighted by atomic mass is 10.3. The van der Waals surface area contributed by atoms with Crippen molar-refractivity contribution in [3.05, 3.63) is 33.0 Å². The summed E-state index contributed by atoms with van der Waals surface area (Å²) in [5.74, 6) is -0.0892. The number of amides is 1. The molecule has 1 N–H and O–H groups in total. The molecule has 78 valence electrons. The normalized spacial score (nSPS) is 10.3. The lowest BCUT2D eigenvalue weighted by Crippen LogP contribution is -2.10. The maximum absolute atomic E-state index is 11.7. The second-order valence-electron chi connectivity index (χ2n) is 3.18. The number of aryl methyl sites for hydroxylation is 2. The molecule has 0 aliphatic rings. The summed E-state index contributed by atoms with van der Waals surface area (Å²) in [6.07, 6.45) is 1.75. The van der Waals surface area contributed by atoms with E-state index in [2.05, 4.69) is 10.3 Å². The quantitative estimate of drug-likeness (QED) is 0.873. The predicted octanol–water partition coefficient (Wildman–Crippen LogP) is 3.07. The van der Waals surface area contributed by atoms with Crippen molar-refractivity contribution in [2.45, 2.75) is 13.8 Å². The Balaban J connectivity index is 2.10. The van der Waals surface area contributed by atoms with E-state index in [-0.39, 0.29) is 5.91 Å². The summed E-state index contributed by atoms with van der Waals surface area (Å²) in [6, 6.07) is 1.88. The highest BCUT2D eigenvalue weighted by Gasteiger charge is 2.09. The van der Waals surface area contributed by atoms with Gasteiger partial charge in [0.1, 0.15) is 0 Å². The van der Waals surface area contributed by atoms with Crippen molar-refractivity contribution >= 4 is 33.7 Å². The van der Waals surface area contributed by atoms with Crippen LogP contribution >= 0.6 is 22.7 Å². The molecule has 2 rings (SSSR count). The van der Waals surface area contributed by atoms with Crippen LogP contribution in [0.15, 0.2) is 17.6 Å². The highest BCUT2D eigenvalue weighted by atomic mass is 32.1. The Hall–Kier alpha value is -1.20. The third kappa shape index (κ3) is 2.43. The van der Waals surface area contributed by atoms with Crippen LogP contribution in [-0.4, -0.2) is 10.9 Å². The highest BCUT2D eigenvalue weighted by Crippen LogP contribution is 2.19. The highest BCUT2D eigenvalue weighted by molar-refractivity contribution is 7.15. The van der Waals surface area contributed by atoms with Gasteiger partial charge in [0.05, 0.1) is 5.56 Å². The molecule has 0 fully saturated rings. The molecular weight excluding hydrogens is 228 g/mol. The van der Waals surface area contributed by atoms with Gasteiger partial charge in [-0.05, 0) is 19.9 Å². The van der Waals surface area contributed by atoms with Gasteiger partial charge in [0.25, 0.3) is 5.91 Å². The van der Waals surface area contributed by atoms with Crippen LogP contribution in [0.1, 0.15) is 20.1 Å². The summed E-state index contributed by atoms with van der Waals surface area (Å²) in [4.78, 5) is 18.0. The van der Waals surface area contributed by atoms with Crippen LogP contribution in [0.25, 0.3) is 0 Å². The fourth-order valence-corrected chi connectivity index (χ4v) is 2.49. The Labute approximate surface area is 95.8 Å². The van der Waals surface area contributed by atoms with Gasteiger partial charge in [0.15, 0.2) is 5.13 Å². The monoisotopic (exact) mass is 238 g/mol. The van der Waals surface area contributed by atoms with Crippen molar-refractivity contribution in [2.75, 3.05) is 5.32 Å². The first-order valence-electron chi connectivity index (χ1n) is 4.44. The average molecular weight is 238 g/mol. The minimum Gasteiger partial charge on any atom is -0.298 e. The van der Waals surface area contributed by atoms with Crippen LogP contribution in [0.4, 0.5) is 5.13 Å². The number of hydrogen-bond acceptors (Lipinski definition) is 4. The SMILES string of the molecule is Cc1cc(C(=O)Nc2ncc(C)s2)cs1. The van der Waals surface area contributed by atoms with Gasteiger partial charge in [0.2, 0.25) is 0 Å².